The summed E-state index contributed by atoms with van der Waals surface area (Å²) in [6, 6.07) is 10.5. The van der Waals surface area contributed by atoms with Gasteiger partial charge in [0.1, 0.15) is 16.6 Å². The standard InChI is InChI=1S/C12H9NO2S/c1-16-12(7-13)11-6-9(14)8-4-2-3-5-10(8)15-11/h2-6,12H,1H3. The van der Waals surface area contributed by atoms with Gasteiger partial charge in [-0.15, -0.1) is 11.8 Å². The molecule has 2 aromatic rings. The molecule has 4 heteroatoms. The highest BCUT2D eigenvalue weighted by Crippen LogP contribution is 2.26. The van der Waals surface area contributed by atoms with E-state index >= 15 is 0 Å². The van der Waals surface area contributed by atoms with Crippen LogP contribution in [0.5, 0.6) is 0 Å². The zero-order chi connectivity index (χ0) is 11.5. The first-order valence-electron chi connectivity index (χ1n) is 4.71. The Bertz CT molecular complexity index is 612. The summed E-state index contributed by atoms with van der Waals surface area (Å²) in [6.45, 7) is 0. The van der Waals surface area contributed by atoms with Crippen molar-refractivity contribution in [1.29, 1.82) is 5.26 Å². The van der Waals surface area contributed by atoms with Crippen molar-refractivity contribution in [2.75, 3.05) is 6.26 Å². The molecular formula is C12H9NO2S. The van der Waals surface area contributed by atoms with E-state index in [2.05, 4.69) is 6.07 Å². The van der Waals surface area contributed by atoms with Crippen LogP contribution in [-0.4, -0.2) is 6.26 Å². The second-order valence-electron chi connectivity index (χ2n) is 3.25. The number of hydrogen-bond acceptors (Lipinski definition) is 4. The molecule has 1 heterocycles. The largest absolute Gasteiger partial charge is 0.458 e. The van der Waals surface area contributed by atoms with Gasteiger partial charge in [0.15, 0.2) is 5.43 Å². The fourth-order valence-corrected chi connectivity index (χ4v) is 1.94. The summed E-state index contributed by atoms with van der Waals surface area (Å²) in [7, 11) is 0. The predicted molar refractivity (Wildman–Crippen MR) is 64.4 cm³/mol. The van der Waals surface area contributed by atoms with Gasteiger partial charge in [-0.1, -0.05) is 12.1 Å². The van der Waals surface area contributed by atoms with Crippen molar-refractivity contribution < 1.29 is 4.42 Å². The number of fused-ring (bicyclic) bond motifs is 1. The molecule has 2 rings (SSSR count). The highest BCUT2D eigenvalue weighted by Gasteiger charge is 2.13. The van der Waals surface area contributed by atoms with Crippen LogP contribution in [0.4, 0.5) is 0 Å². The first kappa shape index (κ1) is 10.8. The number of benzene rings is 1. The number of para-hydroxylation sites is 1. The average Bonchev–Trinajstić information content (AvgIpc) is 2.31. The first-order valence-corrected chi connectivity index (χ1v) is 6.00. The van der Waals surface area contributed by atoms with Crippen LogP contribution in [0.2, 0.25) is 0 Å². The molecular weight excluding hydrogens is 222 g/mol. The second-order valence-corrected chi connectivity index (χ2v) is 4.20. The Morgan fingerprint density at radius 3 is 2.88 bits per heavy atom. The summed E-state index contributed by atoms with van der Waals surface area (Å²) in [6.07, 6.45) is 1.81. The lowest BCUT2D eigenvalue weighted by Crippen LogP contribution is -2.03. The molecule has 0 saturated carbocycles. The third-order valence-corrected chi connectivity index (χ3v) is 3.07. The fraction of sp³-hybridized carbons (Fsp3) is 0.167. The minimum absolute atomic E-state index is 0.105. The van der Waals surface area contributed by atoms with Crippen molar-refractivity contribution in [3.8, 4) is 6.07 Å². The third-order valence-electron chi connectivity index (χ3n) is 2.27. The van der Waals surface area contributed by atoms with Gasteiger partial charge in [0.05, 0.1) is 11.5 Å². The smallest absolute Gasteiger partial charge is 0.193 e. The van der Waals surface area contributed by atoms with Crippen LogP contribution in [0, 0.1) is 11.3 Å². The van der Waals surface area contributed by atoms with Crippen molar-refractivity contribution in [2.45, 2.75) is 5.25 Å². The lowest BCUT2D eigenvalue weighted by molar-refractivity contribution is 0.550. The van der Waals surface area contributed by atoms with Gasteiger partial charge in [-0.2, -0.15) is 5.26 Å². The van der Waals surface area contributed by atoms with Crippen molar-refractivity contribution in [3.05, 3.63) is 46.3 Å². The SMILES string of the molecule is CSC(C#N)c1cc(=O)c2ccccc2o1. The molecule has 3 nitrogen and oxygen atoms in total. The minimum Gasteiger partial charge on any atom is -0.458 e. The summed E-state index contributed by atoms with van der Waals surface area (Å²) in [5, 5.41) is 9.02. The van der Waals surface area contributed by atoms with Crippen LogP contribution in [0.1, 0.15) is 11.0 Å². The average molecular weight is 231 g/mol. The van der Waals surface area contributed by atoms with Gasteiger partial charge in [-0.05, 0) is 18.4 Å². The van der Waals surface area contributed by atoms with Gasteiger partial charge in [0.2, 0.25) is 0 Å². The minimum atomic E-state index is -0.433. The number of nitriles is 1. The molecule has 0 N–H and O–H groups in total. The molecule has 0 aliphatic rings. The van der Waals surface area contributed by atoms with Gasteiger partial charge in [0.25, 0.3) is 0 Å². The molecule has 1 unspecified atom stereocenters. The molecule has 0 spiro atoms. The summed E-state index contributed by atoms with van der Waals surface area (Å²) in [5.41, 5.74) is 0.422. The van der Waals surface area contributed by atoms with E-state index in [9.17, 15) is 4.79 Å². The van der Waals surface area contributed by atoms with Crippen molar-refractivity contribution in [2.24, 2.45) is 0 Å². The van der Waals surface area contributed by atoms with E-state index in [1.807, 2.05) is 6.26 Å². The van der Waals surface area contributed by atoms with Gasteiger partial charge in [-0.25, -0.2) is 0 Å². The second kappa shape index (κ2) is 4.42. The first-order chi connectivity index (χ1) is 7.76. The molecule has 1 atom stereocenters. The van der Waals surface area contributed by atoms with Gasteiger partial charge in [0, 0.05) is 6.07 Å². The van der Waals surface area contributed by atoms with Crippen LogP contribution >= 0.6 is 11.8 Å². The van der Waals surface area contributed by atoms with Crippen molar-refractivity contribution >= 4 is 22.7 Å². The van der Waals surface area contributed by atoms with E-state index in [0.29, 0.717) is 16.7 Å². The molecule has 1 aromatic carbocycles. The van der Waals surface area contributed by atoms with Gasteiger partial charge >= 0.3 is 0 Å². The van der Waals surface area contributed by atoms with Crippen molar-refractivity contribution in [3.63, 3.8) is 0 Å². The van der Waals surface area contributed by atoms with Crippen LogP contribution in [-0.2, 0) is 0 Å². The summed E-state index contributed by atoms with van der Waals surface area (Å²) >= 11 is 1.35. The Labute approximate surface area is 96.7 Å². The van der Waals surface area contributed by atoms with E-state index < -0.39 is 5.25 Å². The monoisotopic (exact) mass is 231 g/mol. The molecule has 0 aliphatic heterocycles. The van der Waals surface area contributed by atoms with Crippen LogP contribution < -0.4 is 5.43 Å². The lowest BCUT2D eigenvalue weighted by Gasteiger charge is -2.05. The molecule has 0 aliphatic carbocycles. The fourth-order valence-electron chi connectivity index (χ4n) is 1.48. The van der Waals surface area contributed by atoms with E-state index in [4.69, 9.17) is 9.68 Å². The Balaban J connectivity index is 2.68. The Morgan fingerprint density at radius 2 is 2.19 bits per heavy atom. The molecule has 0 fully saturated rings. The Morgan fingerprint density at radius 1 is 1.44 bits per heavy atom. The zero-order valence-electron chi connectivity index (χ0n) is 8.64. The number of hydrogen-bond donors (Lipinski definition) is 0. The molecule has 1 aromatic heterocycles. The van der Waals surface area contributed by atoms with E-state index in [0.717, 1.165) is 0 Å². The Hall–Kier alpha value is -1.73. The summed E-state index contributed by atoms with van der Waals surface area (Å²) < 4.78 is 5.54. The molecule has 16 heavy (non-hydrogen) atoms. The van der Waals surface area contributed by atoms with Crippen molar-refractivity contribution in [1.82, 2.24) is 0 Å². The van der Waals surface area contributed by atoms with Crippen LogP contribution in [0.3, 0.4) is 0 Å². The highest BCUT2D eigenvalue weighted by molar-refractivity contribution is 7.99. The number of rotatable bonds is 2. The molecule has 0 saturated heterocycles. The summed E-state index contributed by atoms with van der Waals surface area (Å²) in [5.74, 6) is 0.415. The van der Waals surface area contributed by atoms with Crippen LogP contribution in [0.25, 0.3) is 11.0 Å². The maximum Gasteiger partial charge on any atom is 0.193 e. The Kier molecular flexibility index (Phi) is 2.97. The van der Waals surface area contributed by atoms with E-state index in [-0.39, 0.29) is 5.43 Å². The van der Waals surface area contributed by atoms with Crippen LogP contribution in [0.15, 0.2) is 39.5 Å². The zero-order valence-corrected chi connectivity index (χ0v) is 9.45. The molecule has 80 valence electrons. The number of nitrogens with zero attached hydrogens (tertiary/aromatic N) is 1. The lowest BCUT2D eigenvalue weighted by atomic mass is 10.2. The van der Waals surface area contributed by atoms with E-state index in [1.165, 1.54) is 17.8 Å². The maximum atomic E-state index is 11.8. The molecule has 0 amide bonds. The predicted octanol–water partition coefficient (Wildman–Crippen LogP) is 2.72. The normalized spacial score (nSPS) is 12.2. The van der Waals surface area contributed by atoms with Gasteiger partial charge in [-0.3, -0.25) is 4.79 Å². The topological polar surface area (TPSA) is 54.0 Å². The van der Waals surface area contributed by atoms with E-state index in [1.54, 1.807) is 24.3 Å². The van der Waals surface area contributed by atoms with Gasteiger partial charge < -0.3 is 4.42 Å². The number of thioether (sulfide) groups is 1. The summed E-state index contributed by atoms with van der Waals surface area (Å²) in [4.78, 5) is 11.8. The molecule has 0 radical (unpaired) electrons. The molecule has 0 bridgehead atoms. The maximum absolute atomic E-state index is 11.8. The quantitative estimate of drug-likeness (QED) is 0.797. The third kappa shape index (κ3) is 1.82. The highest BCUT2D eigenvalue weighted by atomic mass is 32.2.